The van der Waals surface area contributed by atoms with Crippen molar-refractivity contribution in [3.63, 3.8) is 0 Å². The number of hydrogen-bond donors (Lipinski definition) is 1. The monoisotopic (exact) mass is 349 g/mol. The lowest BCUT2D eigenvalue weighted by Gasteiger charge is -2.10. The third-order valence-electron chi connectivity index (χ3n) is 2.09. The molecule has 90 valence electrons. The molecule has 16 heavy (non-hydrogen) atoms. The van der Waals surface area contributed by atoms with E-state index < -0.39 is 0 Å². The number of nitrogens with one attached hydrogen (secondary N) is 1. The van der Waals surface area contributed by atoms with Crippen LogP contribution < -0.4 is 10.1 Å². The zero-order valence-electron chi connectivity index (χ0n) is 9.43. The van der Waals surface area contributed by atoms with Gasteiger partial charge in [-0.1, -0.05) is 13.0 Å². The molecule has 1 aromatic carbocycles. The van der Waals surface area contributed by atoms with E-state index in [1.54, 1.807) is 0 Å². The highest BCUT2D eigenvalue weighted by molar-refractivity contribution is 9.11. The Balaban J connectivity index is 2.26. The van der Waals surface area contributed by atoms with E-state index in [9.17, 15) is 0 Å². The fourth-order valence-electron chi connectivity index (χ4n) is 1.29. The van der Waals surface area contributed by atoms with Crippen LogP contribution in [0.4, 0.5) is 0 Å². The van der Waals surface area contributed by atoms with Crippen molar-refractivity contribution in [2.45, 2.75) is 19.8 Å². The second-order valence-corrected chi connectivity index (χ2v) is 5.21. The second-order valence-electron chi connectivity index (χ2n) is 3.50. The van der Waals surface area contributed by atoms with Crippen LogP contribution in [0.15, 0.2) is 27.1 Å². The standard InChI is InChI=1S/C12H17Br2NO/c1-2-7-15-8-4-9-16-12-10(13)5-3-6-11(12)14/h3,5-6,15H,2,4,7-9H2,1H3. The van der Waals surface area contributed by atoms with Crippen LogP contribution in [0, 0.1) is 0 Å². The summed E-state index contributed by atoms with van der Waals surface area (Å²) in [5, 5.41) is 3.35. The van der Waals surface area contributed by atoms with Gasteiger partial charge in [-0.15, -0.1) is 0 Å². The first-order chi connectivity index (χ1) is 7.75. The topological polar surface area (TPSA) is 21.3 Å². The minimum atomic E-state index is 0.734. The smallest absolute Gasteiger partial charge is 0.147 e. The Hall–Kier alpha value is -0.0600. The van der Waals surface area contributed by atoms with Crippen LogP contribution in [0.2, 0.25) is 0 Å². The van der Waals surface area contributed by atoms with Gasteiger partial charge in [-0.3, -0.25) is 0 Å². The third-order valence-corrected chi connectivity index (χ3v) is 3.34. The van der Waals surface area contributed by atoms with Crippen molar-refractivity contribution < 1.29 is 4.74 Å². The number of hydrogen-bond acceptors (Lipinski definition) is 2. The van der Waals surface area contributed by atoms with Gasteiger partial charge < -0.3 is 10.1 Å². The molecule has 0 amide bonds. The van der Waals surface area contributed by atoms with Crippen molar-refractivity contribution in [3.8, 4) is 5.75 Å². The number of para-hydroxylation sites is 1. The van der Waals surface area contributed by atoms with Crippen LogP contribution in [0.3, 0.4) is 0 Å². The maximum absolute atomic E-state index is 5.71. The Morgan fingerprint density at radius 3 is 2.50 bits per heavy atom. The molecule has 0 heterocycles. The molecule has 0 atom stereocenters. The highest BCUT2D eigenvalue weighted by atomic mass is 79.9. The Labute approximate surface area is 114 Å². The summed E-state index contributed by atoms with van der Waals surface area (Å²) in [4.78, 5) is 0. The van der Waals surface area contributed by atoms with E-state index in [0.29, 0.717) is 0 Å². The van der Waals surface area contributed by atoms with Crippen molar-refractivity contribution in [2.24, 2.45) is 0 Å². The lowest BCUT2D eigenvalue weighted by molar-refractivity contribution is 0.304. The molecule has 0 saturated heterocycles. The molecule has 0 saturated carbocycles. The van der Waals surface area contributed by atoms with Gasteiger partial charge in [0.15, 0.2) is 0 Å². The fourth-order valence-corrected chi connectivity index (χ4v) is 2.52. The van der Waals surface area contributed by atoms with Gasteiger partial charge in [0, 0.05) is 0 Å². The van der Waals surface area contributed by atoms with Crippen molar-refractivity contribution >= 4 is 31.9 Å². The van der Waals surface area contributed by atoms with Crippen LogP contribution in [-0.2, 0) is 0 Å². The average molecular weight is 351 g/mol. The first-order valence-electron chi connectivity index (χ1n) is 5.53. The molecule has 0 unspecified atom stereocenters. The van der Waals surface area contributed by atoms with Gasteiger partial charge in [0.05, 0.1) is 15.6 Å². The number of ether oxygens (including phenoxy) is 1. The molecule has 1 N–H and O–H groups in total. The normalized spacial score (nSPS) is 10.4. The highest BCUT2D eigenvalue weighted by Gasteiger charge is 2.04. The molecule has 1 aromatic rings. The van der Waals surface area contributed by atoms with Gasteiger partial charge >= 0.3 is 0 Å². The minimum Gasteiger partial charge on any atom is -0.491 e. The predicted molar refractivity (Wildman–Crippen MR) is 75.1 cm³/mol. The van der Waals surface area contributed by atoms with E-state index in [4.69, 9.17) is 4.74 Å². The van der Waals surface area contributed by atoms with Crippen LogP contribution >= 0.6 is 31.9 Å². The fraction of sp³-hybridized carbons (Fsp3) is 0.500. The first kappa shape index (κ1) is 14.0. The summed E-state index contributed by atoms with van der Waals surface area (Å²) < 4.78 is 7.69. The van der Waals surface area contributed by atoms with Crippen LogP contribution in [0.5, 0.6) is 5.75 Å². The minimum absolute atomic E-state index is 0.734. The summed E-state index contributed by atoms with van der Waals surface area (Å²) in [5.41, 5.74) is 0. The predicted octanol–water partition coefficient (Wildman–Crippen LogP) is 3.98. The number of benzene rings is 1. The van der Waals surface area contributed by atoms with E-state index in [1.807, 2.05) is 18.2 Å². The molecule has 0 fully saturated rings. The second kappa shape index (κ2) is 8.09. The summed E-state index contributed by atoms with van der Waals surface area (Å²) >= 11 is 6.94. The van der Waals surface area contributed by atoms with Gasteiger partial charge in [-0.25, -0.2) is 0 Å². The lowest BCUT2D eigenvalue weighted by atomic mass is 10.3. The van der Waals surface area contributed by atoms with Crippen molar-refractivity contribution in [1.82, 2.24) is 5.32 Å². The lowest BCUT2D eigenvalue weighted by Crippen LogP contribution is -2.18. The molecule has 0 spiro atoms. The number of rotatable bonds is 7. The molecular weight excluding hydrogens is 334 g/mol. The van der Waals surface area contributed by atoms with Crippen molar-refractivity contribution in [3.05, 3.63) is 27.1 Å². The quantitative estimate of drug-likeness (QED) is 0.751. The zero-order valence-corrected chi connectivity index (χ0v) is 12.6. The summed E-state index contributed by atoms with van der Waals surface area (Å²) in [6.07, 6.45) is 2.20. The Kier molecular flexibility index (Phi) is 7.08. The van der Waals surface area contributed by atoms with E-state index in [1.165, 1.54) is 6.42 Å². The van der Waals surface area contributed by atoms with Gasteiger partial charge in [0.25, 0.3) is 0 Å². The molecule has 4 heteroatoms. The molecule has 0 radical (unpaired) electrons. The van der Waals surface area contributed by atoms with Crippen LogP contribution in [-0.4, -0.2) is 19.7 Å². The third kappa shape index (κ3) is 4.85. The molecule has 0 aliphatic carbocycles. The molecule has 0 bridgehead atoms. The summed E-state index contributed by atoms with van der Waals surface area (Å²) in [6, 6.07) is 5.94. The van der Waals surface area contributed by atoms with Crippen molar-refractivity contribution in [2.75, 3.05) is 19.7 Å². The largest absolute Gasteiger partial charge is 0.491 e. The molecule has 0 aliphatic rings. The average Bonchev–Trinajstić information content (AvgIpc) is 2.26. The summed E-state index contributed by atoms with van der Waals surface area (Å²) in [6.45, 7) is 4.99. The Morgan fingerprint density at radius 2 is 1.88 bits per heavy atom. The van der Waals surface area contributed by atoms with E-state index >= 15 is 0 Å². The zero-order chi connectivity index (χ0) is 11.8. The van der Waals surface area contributed by atoms with E-state index in [0.717, 1.165) is 40.8 Å². The molecule has 1 rings (SSSR count). The SMILES string of the molecule is CCCNCCCOc1c(Br)cccc1Br. The maximum atomic E-state index is 5.71. The van der Waals surface area contributed by atoms with Crippen LogP contribution in [0.1, 0.15) is 19.8 Å². The first-order valence-corrected chi connectivity index (χ1v) is 7.11. The molecular formula is C12H17Br2NO. The van der Waals surface area contributed by atoms with E-state index in [2.05, 4.69) is 44.1 Å². The summed E-state index contributed by atoms with van der Waals surface area (Å²) in [5.74, 6) is 0.887. The van der Waals surface area contributed by atoms with Crippen molar-refractivity contribution in [1.29, 1.82) is 0 Å². The van der Waals surface area contributed by atoms with E-state index in [-0.39, 0.29) is 0 Å². The Morgan fingerprint density at radius 1 is 1.19 bits per heavy atom. The molecule has 0 aromatic heterocycles. The van der Waals surface area contributed by atoms with Crippen LogP contribution in [0.25, 0.3) is 0 Å². The maximum Gasteiger partial charge on any atom is 0.147 e. The highest BCUT2D eigenvalue weighted by Crippen LogP contribution is 2.32. The molecule has 0 aliphatic heterocycles. The molecule has 2 nitrogen and oxygen atoms in total. The van der Waals surface area contributed by atoms with Gasteiger partial charge in [0.1, 0.15) is 5.75 Å². The summed E-state index contributed by atoms with van der Waals surface area (Å²) in [7, 11) is 0. The van der Waals surface area contributed by atoms with Gasteiger partial charge in [-0.2, -0.15) is 0 Å². The number of halogens is 2. The van der Waals surface area contributed by atoms with Gasteiger partial charge in [-0.05, 0) is 69.9 Å². The van der Waals surface area contributed by atoms with Gasteiger partial charge in [0.2, 0.25) is 0 Å². The Bertz CT molecular complexity index is 298.